The van der Waals surface area contributed by atoms with Crippen LogP contribution in [0.4, 0.5) is 16.2 Å². The van der Waals surface area contributed by atoms with Crippen LogP contribution in [-0.2, 0) is 11.2 Å². The van der Waals surface area contributed by atoms with Crippen LogP contribution in [-0.4, -0.2) is 26.1 Å². The first kappa shape index (κ1) is 21.7. The summed E-state index contributed by atoms with van der Waals surface area (Å²) < 4.78 is 6.52. The third-order valence-electron chi connectivity index (χ3n) is 4.45. The van der Waals surface area contributed by atoms with Crippen molar-refractivity contribution >= 4 is 34.4 Å². The number of nitro groups is 2. The van der Waals surface area contributed by atoms with Crippen LogP contribution in [0, 0.1) is 20.2 Å². The largest absolute Gasteiger partial charge is 0.443 e. The fourth-order valence-corrected chi connectivity index (χ4v) is 3.06. The van der Waals surface area contributed by atoms with Gasteiger partial charge in [-0.05, 0) is 56.5 Å². The van der Waals surface area contributed by atoms with Gasteiger partial charge in [-0.15, -0.1) is 0 Å². The lowest BCUT2D eigenvalue weighted by molar-refractivity contribution is -0.385. The predicted octanol–water partition coefficient (Wildman–Crippen LogP) is 5.50. The molecule has 0 atom stereocenters. The number of carbonyl (C=O) groups excluding carboxylic acids is 1. The van der Waals surface area contributed by atoms with Crippen molar-refractivity contribution in [3.63, 3.8) is 0 Å². The molecule has 2 aromatic carbocycles. The van der Waals surface area contributed by atoms with Gasteiger partial charge in [-0.25, -0.2) is 4.79 Å². The number of nitro benzene ring substituents is 2. The molecule has 0 N–H and O–H groups in total. The lowest BCUT2D eigenvalue weighted by Crippen LogP contribution is -2.26. The number of allylic oxidation sites excluding steroid dienone is 1. The van der Waals surface area contributed by atoms with Gasteiger partial charge in [0.2, 0.25) is 0 Å². The Balaban J connectivity index is 0.000000194. The topological polar surface area (TPSA) is 118 Å². The normalized spacial score (nSPS) is 12.1. The van der Waals surface area contributed by atoms with Crippen molar-refractivity contribution in [3.8, 4) is 0 Å². The van der Waals surface area contributed by atoms with Crippen molar-refractivity contribution in [2.75, 3.05) is 0 Å². The molecule has 0 bridgehead atoms. The maximum Gasteiger partial charge on any atom is 0.418 e. The van der Waals surface area contributed by atoms with Crippen LogP contribution < -0.4 is 0 Å². The fourth-order valence-electron chi connectivity index (χ4n) is 3.06. The number of aromatic nitrogens is 1. The third-order valence-corrected chi connectivity index (χ3v) is 4.45. The first-order chi connectivity index (χ1) is 14.5. The Morgan fingerprint density at radius 3 is 2.29 bits per heavy atom. The zero-order valence-corrected chi connectivity index (χ0v) is 17.3. The summed E-state index contributed by atoms with van der Waals surface area (Å²) in [6.07, 6.45) is 5.80. The summed E-state index contributed by atoms with van der Waals surface area (Å²) in [6.45, 7) is 5.29. The van der Waals surface area contributed by atoms with E-state index in [0.29, 0.717) is 5.52 Å². The van der Waals surface area contributed by atoms with Gasteiger partial charge in [-0.3, -0.25) is 24.8 Å². The molecule has 0 amide bonds. The summed E-state index contributed by atoms with van der Waals surface area (Å²) in [7, 11) is 0. The molecule has 1 aliphatic carbocycles. The Morgan fingerprint density at radius 2 is 1.65 bits per heavy atom. The molecule has 0 saturated heterocycles. The van der Waals surface area contributed by atoms with Gasteiger partial charge >= 0.3 is 6.09 Å². The van der Waals surface area contributed by atoms with E-state index in [1.807, 2.05) is 12.2 Å². The molecular weight excluding hydrogens is 402 g/mol. The van der Waals surface area contributed by atoms with Crippen molar-refractivity contribution in [1.29, 1.82) is 0 Å². The van der Waals surface area contributed by atoms with Gasteiger partial charge in [-0.1, -0.05) is 12.2 Å². The van der Waals surface area contributed by atoms with Crippen LogP contribution >= 0.6 is 0 Å². The SMILES string of the molecule is CC(C)(C)OC(=O)n1ccc2ccc([N+](=O)[O-])cc21.O=[N+]([O-])c1ccc2c(c1)CC=C2. The molecule has 4 rings (SSSR count). The molecule has 1 aromatic heterocycles. The van der Waals surface area contributed by atoms with E-state index in [0.717, 1.165) is 22.9 Å². The van der Waals surface area contributed by atoms with Gasteiger partial charge in [-0.2, -0.15) is 0 Å². The maximum absolute atomic E-state index is 12.0. The van der Waals surface area contributed by atoms with E-state index in [1.54, 1.807) is 51.2 Å². The molecule has 0 aliphatic heterocycles. The van der Waals surface area contributed by atoms with Crippen molar-refractivity contribution in [2.24, 2.45) is 0 Å². The second-order valence-corrected chi connectivity index (χ2v) is 7.91. The van der Waals surface area contributed by atoms with Gasteiger partial charge in [0.15, 0.2) is 0 Å². The summed E-state index contributed by atoms with van der Waals surface area (Å²) in [5.41, 5.74) is 2.11. The number of non-ortho nitro benzene ring substituents is 2. The molecule has 0 fully saturated rings. The Labute approximate surface area is 177 Å². The second-order valence-electron chi connectivity index (χ2n) is 7.91. The number of benzene rings is 2. The highest BCUT2D eigenvalue weighted by Crippen LogP contribution is 2.24. The fraction of sp³-hybridized carbons (Fsp3) is 0.227. The average Bonchev–Trinajstić information content (AvgIpc) is 3.32. The Hall–Kier alpha value is -4.01. The van der Waals surface area contributed by atoms with Crippen molar-refractivity contribution < 1.29 is 19.4 Å². The van der Waals surface area contributed by atoms with E-state index < -0.39 is 16.6 Å². The average molecular weight is 423 g/mol. The number of ether oxygens (including phenoxy) is 1. The zero-order valence-electron chi connectivity index (χ0n) is 17.3. The number of rotatable bonds is 2. The Kier molecular flexibility index (Phi) is 5.87. The van der Waals surface area contributed by atoms with Crippen molar-refractivity contribution in [3.05, 3.63) is 86.1 Å². The van der Waals surface area contributed by atoms with Crippen molar-refractivity contribution in [2.45, 2.75) is 32.8 Å². The number of nitrogens with zero attached hydrogens (tertiary/aromatic N) is 3. The molecule has 0 unspecified atom stereocenters. The number of fused-ring (bicyclic) bond motifs is 2. The van der Waals surface area contributed by atoms with E-state index in [-0.39, 0.29) is 16.3 Å². The summed E-state index contributed by atoms with van der Waals surface area (Å²) in [5.74, 6) is 0. The highest BCUT2D eigenvalue weighted by molar-refractivity contribution is 5.90. The second kappa shape index (κ2) is 8.39. The monoisotopic (exact) mass is 423 g/mol. The van der Waals surface area contributed by atoms with Gasteiger partial charge in [0, 0.05) is 35.8 Å². The van der Waals surface area contributed by atoms with Gasteiger partial charge < -0.3 is 4.74 Å². The predicted molar refractivity (Wildman–Crippen MR) is 116 cm³/mol. The summed E-state index contributed by atoms with van der Waals surface area (Å²) in [4.78, 5) is 32.3. The van der Waals surface area contributed by atoms with E-state index in [2.05, 4.69) is 0 Å². The van der Waals surface area contributed by atoms with Crippen LogP contribution in [0.25, 0.3) is 17.0 Å². The van der Waals surface area contributed by atoms with Crippen LogP contribution in [0.2, 0.25) is 0 Å². The zero-order chi connectivity index (χ0) is 22.8. The summed E-state index contributed by atoms with van der Waals surface area (Å²) in [6, 6.07) is 11.0. The van der Waals surface area contributed by atoms with Gasteiger partial charge in [0.05, 0.1) is 15.4 Å². The molecule has 160 valence electrons. The minimum Gasteiger partial charge on any atom is -0.443 e. The highest BCUT2D eigenvalue weighted by atomic mass is 16.6. The quantitative estimate of drug-likeness (QED) is 0.397. The van der Waals surface area contributed by atoms with Crippen LogP contribution in [0.15, 0.2) is 54.7 Å². The minimum atomic E-state index is -0.617. The molecule has 0 saturated carbocycles. The van der Waals surface area contributed by atoms with E-state index >= 15 is 0 Å². The molecule has 0 spiro atoms. The van der Waals surface area contributed by atoms with Gasteiger partial charge in [0.25, 0.3) is 11.4 Å². The number of hydrogen-bond acceptors (Lipinski definition) is 6. The molecule has 31 heavy (non-hydrogen) atoms. The Bertz CT molecular complexity index is 1200. The molecule has 9 nitrogen and oxygen atoms in total. The highest BCUT2D eigenvalue weighted by Gasteiger charge is 2.20. The maximum atomic E-state index is 12.0. The standard InChI is InChI=1S/C13H14N2O4.C9H7NO2/c1-13(2,3)19-12(16)14-7-6-9-4-5-10(15(17)18)8-11(9)14;11-10(12)9-5-4-7-2-1-3-8(7)6-9/h4-8H,1-3H3;1-2,4-6H,3H2. The van der Waals surface area contributed by atoms with Crippen LogP contribution in [0.3, 0.4) is 0 Å². The molecule has 3 aromatic rings. The number of carbonyl (C=O) groups is 1. The van der Waals surface area contributed by atoms with Crippen LogP contribution in [0.1, 0.15) is 31.9 Å². The lowest BCUT2D eigenvalue weighted by Gasteiger charge is -2.19. The summed E-state index contributed by atoms with van der Waals surface area (Å²) >= 11 is 0. The molecular formula is C22H21N3O6. The van der Waals surface area contributed by atoms with E-state index in [9.17, 15) is 25.0 Å². The molecule has 9 heteroatoms. The molecule has 0 radical (unpaired) electrons. The number of hydrogen-bond donors (Lipinski definition) is 0. The van der Waals surface area contributed by atoms with E-state index in [1.165, 1.54) is 22.8 Å². The molecule has 1 heterocycles. The molecule has 1 aliphatic rings. The third kappa shape index (κ3) is 5.13. The lowest BCUT2D eigenvalue weighted by atomic mass is 10.1. The van der Waals surface area contributed by atoms with E-state index in [4.69, 9.17) is 4.74 Å². The Morgan fingerprint density at radius 1 is 1.00 bits per heavy atom. The smallest absolute Gasteiger partial charge is 0.418 e. The first-order valence-electron chi connectivity index (χ1n) is 9.48. The first-order valence-corrected chi connectivity index (χ1v) is 9.48. The van der Waals surface area contributed by atoms with Gasteiger partial charge in [0.1, 0.15) is 5.60 Å². The minimum absolute atomic E-state index is 0.0593. The summed E-state index contributed by atoms with van der Waals surface area (Å²) in [5, 5.41) is 21.9. The van der Waals surface area contributed by atoms with Crippen LogP contribution in [0.5, 0.6) is 0 Å². The van der Waals surface area contributed by atoms with Crippen molar-refractivity contribution in [1.82, 2.24) is 4.57 Å².